The quantitative estimate of drug-likeness (QED) is 0.841. The molecule has 0 bridgehead atoms. The zero-order valence-corrected chi connectivity index (χ0v) is 13.9. The van der Waals surface area contributed by atoms with Crippen LogP contribution >= 0.6 is 11.8 Å². The molecule has 3 aliphatic rings. The van der Waals surface area contributed by atoms with Crippen LogP contribution in [0.1, 0.15) is 39.0 Å². The van der Waals surface area contributed by atoms with Crippen LogP contribution in [0.5, 0.6) is 0 Å². The van der Waals surface area contributed by atoms with E-state index in [0.717, 1.165) is 63.4 Å². The Morgan fingerprint density at radius 3 is 2.76 bits per heavy atom. The summed E-state index contributed by atoms with van der Waals surface area (Å²) in [4.78, 5) is 17.1. The molecule has 21 heavy (non-hydrogen) atoms. The van der Waals surface area contributed by atoms with Crippen LogP contribution in [-0.4, -0.2) is 70.1 Å². The van der Waals surface area contributed by atoms with Crippen molar-refractivity contribution in [3.63, 3.8) is 0 Å². The van der Waals surface area contributed by atoms with Gasteiger partial charge in [-0.25, -0.2) is 0 Å². The lowest BCUT2D eigenvalue weighted by atomic mass is 9.71. The van der Waals surface area contributed by atoms with E-state index in [-0.39, 0.29) is 11.9 Å². The largest absolute Gasteiger partial charge is 0.389 e. The van der Waals surface area contributed by atoms with Crippen molar-refractivity contribution in [2.45, 2.75) is 50.7 Å². The zero-order valence-electron chi connectivity index (χ0n) is 13.1. The fourth-order valence-corrected chi connectivity index (χ4v) is 5.09. The molecule has 1 amide bonds. The maximum atomic E-state index is 12.8. The van der Waals surface area contributed by atoms with Crippen molar-refractivity contribution in [2.75, 3.05) is 37.7 Å². The van der Waals surface area contributed by atoms with E-state index in [1.54, 1.807) is 0 Å². The molecule has 1 saturated carbocycles. The number of fused-ring (bicyclic) bond motifs is 1. The zero-order chi connectivity index (χ0) is 14.9. The van der Waals surface area contributed by atoms with Crippen LogP contribution in [0.25, 0.3) is 0 Å². The maximum Gasteiger partial charge on any atom is 0.239 e. The Bertz CT molecular complexity index is 386. The first-order chi connectivity index (χ1) is 10.1. The van der Waals surface area contributed by atoms with Gasteiger partial charge in [0.25, 0.3) is 0 Å². The van der Waals surface area contributed by atoms with Crippen LogP contribution in [-0.2, 0) is 4.79 Å². The van der Waals surface area contributed by atoms with E-state index < -0.39 is 5.60 Å². The molecule has 3 atom stereocenters. The summed E-state index contributed by atoms with van der Waals surface area (Å²) in [5, 5.41) is 10.7. The number of carbonyl (C=O) groups excluding carboxylic acids is 1. The van der Waals surface area contributed by atoms with Crippen LogP contribution in [0.15, 0.2) is 0 Å². The summed E-state index contributed by atoms with van der Waals surface area (Å²) in [6.45, 7) is 5.61. The highest BCUT2D eigenvalue weighted by atomic mass is 32.2. The van der Waals surface area contributed by atoms with Crippen molar-refractivity contribution in [1.82, 2.24) is 9.80 Å². The summed E-state index contributed by atoms with van der Waals surface area (Å²) in [5.41, 5.74) is -0.486. The minimum Gasteiger partial charge on any atom is -0.389 e. The molecule has 5 heteroatoms. The van der Waals surface area contributed by atoms with Gasteiger partial charge in [-0.1, -0.05) is 12.8 Å². The van der Waals surface area contributed by atoms with Gasteiger partial charge in [0.2, 0.25) is 5.91 Å². The number of hydrogen-bond donors (Lipinski definition) is 1. The van der Waals surface area contributed by atoms with E-state index in [4.69, 9.17) is 0 Å². The summed E-state index contributed by atoms with van der Waals surface area (Å²) in [6.07, 6.45) is 5.12. The maximum absolute atomic E-state index is 12.8. The van der Waals surface area contributed by atoms with Crippen molar-refractivity contribution in [3.8, 4) is 0 Å². The molecule has 0 spiro atoms. The molecule has 2 heterocycles. The van der Waals surface area contributed by atoms with E-state index in [1.165, 1.54) is 6.42 Å². The molecule has 2 aliphatic heterocycles. The third-order valence-electron chi connectivity index (χ3n) is 5.69. The van der Waals surface area contributed by atoms with Crippen molar-refractivity contribution < 1.29 is 9.90 Å². The summed E-state index contributed by atoms with van der Waals surface area (Å²) in [6, 6.07) is 0.000633. The highest BCUT2D eigenvalue weighted by Gasteiger charge is 2.44. The Hall–Kier alpha value is -0.260. The Morgan fingerprint density at radius 1 is 1.24 bits per heavy atom. The monoisotopic (exact) mass is 312 g/mol. The normalized spacial score (nSPS) is 36.1. The number of thioether (sulfide) groups is 1. The minimum absolute atomic E-state index is 0.000633. The first-order valence-corrected chi connectivity index (χ1v) is 9.58. The smallest absolute Gasteiger partial charge is 0.239 e. The van der Waals surface area contributed by atoms with Crippen molar-refractivity contribution in [3.05, 3.63) is 0 Å². The van der Waals surface area contributed by atoms with Crippen LogP contribution in [0.4, 0.5) is 0 Å². The highest BCUT2D eigenvalue weighted by Crippen LogP contribution is 2.39. The van der Waals surface area contributed by atoms with Gasteiger partial charge in [0.15, 0.2) is 0 Å². The molecule has 1 aliphatic carbocycles. The minimum atomic E-state index is -0.486. The Morgan fingerprint density at radius 2 is 2.00 bits per heavy atom. The van der Waals surface area contributed by atoms with Gasteiger partial charge in [-0.15, -0.1) is 0 Å². The first-order valence-electron chi connectivity index (χ1n) is 8.43. The highest BCUT2D eigenvalue weighted by molar-refractivity contribution is 7.99. The number of rotatable bonds is 2. The summed E-state index contributed by atoms with van der Waals surface area (Å²) in [5.74, 6) is 2.85. The SMILES string of the molecule is CC(C(=O)N1CCC2(O)CCCCC2C1)N1CCSCC1. The number of amides is 1. The van der Waals surface area contributed by atoms with Gasteiger partial charge in [0, 0.05) is 43.6 Å². The lowest BCUT2D eigenvalue weighted by Crippen LogP contribution is -2.58. The van der Waals surface area contributed by atoms with Crippen LogP contribution in [0.3, 0.4) is 0 Å². The number of piperidine rings is 1. The average molecular weight is 312 g/mol. The van der Waals surface area contributed by atoms with Crippen LogP contribution < -0.4 is 0 Å². The average Bonchev–Trinajstić information content (AvgIpc) is 2.53. The second kappa shape index (κ2) is 6.47. The van der Waals surface area contributed by atoms with E-state index in [2.05, 4.69) is 11.8 Å². The third kappa shape index (κ3) is 3.25. The first kappa shape index (κ1) is 15.6. The number of nitrogens with zero attached hydrogens (tertiary/aromatic N) is 2. The molecular formula is C16H28N2O2S. The number of hydrogen-bond acceptors (Lipinski definition) is 4. The van der Waals surface area contributed by atoms with Crippen LogP contribution in [0, 0.1) is 5.92 Å². The summed E-state index contributed by atoms with van der Waals surface area (Å²) in [7, 11) is 0. The molecule has 120 valence electrons. The molecule has 3 rings (SSSR count). The van der Waals surface area contributed by atoms with E-state index >= 15 is 0 Å². The molecule has 0 aromatic heterocycles. The molecule has 0 radical (unpaired) electrons. The fraction of sp³-hybridized carbons (Fsp3) is 0.938. The predicted octanol–water partition coefficient (Wildman–Crippen LogP) is 1.58. The number of carbonyl (C=O) groups is 1. The van der Waals surface area contributed by atoms with Gasteiger partial charge in [-0.3, -0.25) is 9.69 Å². The van der Waals surface area contributed by atoms with E-state index in [1.807, 2.05) is 16.7 Å². The van der Waals surface area contributed by atoms with Gasteiger partial charge in [0.1, 0.15) is 0 Å². The summed E-state index contributed by atoms with van der Waals surface area (Å²) >= 11 is 1.98. The molecule has 1 N–H and O–H groups in total. The lowest BCUT2D eigenvalue weighted by Gasteiger charge is -2.48. The molecule has 3 unspecified atom stereocenters. The molecule has 0 aromatic rings. The van der Waals surface area contributed by atoms with Gasteiger partial charge < -0.3 is 10.0 Å². The Labute approximate surface area is 132 Å². The molecular weight excluding hydrogens is 284 g/mol. The second-order valence-corrected chi connectivity index (χ2v) is 8.13. The van der Waals surface area contributed by atoms with E-state index in [9.17, 15) is 9.90 Å². The lowest BCUT2D eigenvalue weighted by molar-refractivity contribution is -0.148. The van der Waals surface area contributed by atoms with E-state index in [0.29, 0.717) is 5.92 Å². The van der Waals surface area contributed by atoms with Crippen molar-refractivity contribution in [2.24, 2.45) is 5.92 Å². The predicted molar refractivity (Wildman–Crippen MR) is 86.5 cm³/mol. The topological polar surface area (TPSA) is 43.8 Å². The third-order valence-corrected chi connectivity index (χ3v) is 6.63. The van der Waals surface area contributed by atoms with Gasteiger partial charge >= 0.3 is 0 Å². The summed E-state index contributed by atoms with van der Waals surface area (Å²) < 4.78 is 0. The number of likely N-dealkylation sites (tertiary alicyclic amines) is 1. The Kier molecular flexibility index (Phi) is 4.81. The van der Waals surface area contributed by atoms with Gasteiger partial charge in [-0.2, -0.15) is 11.8 Å². The second-order valence-electron chi connectivity index (χ2n) is 6.90. The number of aliphatic hydroxyl groups is 1. The van der Waals surface area contributed by atoms with Crippen LogP contribution in [0.2, 0.25) is 0 Å². The molecule has 3 fully saturated rings. The fourth-order valence-electron chi connectivity index (χ4n) is 4.16. The van der Waals surface area contributed by atoms with Crippen molar-refractivity contribution >= 4 is 17.7 Å². The Balaban J connectivity index is 1.60. The van der Waals surface area contributed by atoms with Crippen molar-refractivity contribution in [1.29, 1.82) is 0 Å². The molecule has 2 saturated heterocycles. The van der Waals surface area contributed by atoms with Gasteiger partial charge in [0.05, 0.1) is 11.6 Å². The standard InChI is InChI=1S/C16H28N2O2S/c1-13(17-8-10-21-11-9-17)15(19)18-7-6-16(20)5-3-2-4-14(16)12-18/h13-14,20H,2-12H2,1H3. The molecule has 0 aromatic carbocycles. The molecule has 4 nitrogen and oxygen atoms in total. The van der Waals surface area contributed by atoms with Gasteiger partial charge in [-0.05, 0) is 26.2 Å².